The number of anilines is 1. The highest BCUT2D eigenvalue weighted by molar-refractivity contribution is 5.80. The molecule has 0 radical (unpaired) electrons. The molecule has 1 fully saturated rings. The Morgan fingerprint density at radius 3 is 2.72 bits per heavy atom. The number of nitrogens with zero attached hydrogens (tertiary/aromatic N) is 6. The normalized spacial score (nSPS) is 14.1. The van der Waals surface area contributed by atoms with Crippen LogP contribution in [0.3, 0.4) is 0 Å². The van der Waals surface area contributed by atoms with Gasteiger partial charge in [-0.1, -0.05) is 6.92 Å². The molecule has 0 N–H and O–H groups in total. The molecule has 0 spiro atoms. The molecule has 4 heterocycles. The lowest BCUT2D eigenvalue weighted by molar-refractivity contribution is 0.0542. The van der Waals surface area contributed by atoms with E-state index in [0.717, 1.165) is 29.0 Å². The zero-order valence-corrected chi connectivity index (χ0v) is 18.4. The van der Waals surface area contributed by atoms with Gasteiger partial charge in [0.15, 0.2) is 5.65 Å². The molecule has 32 heavy (non-hydrogen) atoms. The number of carbonyl (C=O) groups is 1. The molecule has 4 rings (SSSR count). The number of pyridine rings is 1. The van der Waals surface area contributed by atoms with Crippen LogP contribution >= 0.6 is 0 Å². The van der Waals surface area contributed by atoms with Gasteiger partial charge in [0.1, 0.15) is 12.4 Å². The number of fused-ring (bicyclic) bond motifs is 1. The van der Waals surface area contributed by atoms with E-state index in [9.17, 15) is 4.79 Å². The summed E-state index contributed by atoms with van der Waals surface area (Å²) in [6.07, 6.45) is 6.00. The molecule has 0 atom stereocenters. The molecule has 170 valence electrons. The van der Waals surface area contributed by atoms with Gasteiger partial charge in [-0.25, -0.2) is 19.3 Å². The lowest BCUT2D eigenvalue weighted by atomic mass is 10.1. The Kier molecular flexibility index (Phi) is 7.00. The molecular formula is C22H28N6O4. The maximum absolute atomic E-state index is 12.3. The predicted molar refractivity (Wildman–Crippen MR) is 119 cm³/mol. The fourth-order valence-corrected chi connectivity index (χ4v) is 3.63. The number of piperazine rings is 1. The Morgan fingerprint density at radius 1 is 1.09 bits per heavy atom. The zero-order valence-electron chi connectivity index (χ0n) is 18.4. The zero-order chi connectivity index (χ0) is 22.3. The first-order valence-corrected chi connectivity index (χ1v) is 10.8. The summed E-state index contributed by atoms with van der Waals surface area (Å²) < 4.78 is 17.8. The van der Waals surface area contributed by atoms with E-state index in [-0.39, 0.29) is 12.7 Å². The summed E-state index contributed by atoms with van der Waals surface area (Å²) in [6.45, 7) is 5.92. The quantitative estimate of drug-likeness (QED) is 0.493. The molecule has 1 saturated heterocycles. The number of ether oxygens (including phenoxy) is 3. The third kappa shape index (κ3) is 4.75. The van der Waals surface area contributed by atoms with Crippen molar-refractivity contribution in [3.05, 3.63) is 36.8 Å². The molecule has 10 nitrogen and oxygen atoms in total. The van der Waals surface area contributed by atoms with Crippen molar-refractivity contribution in [2.45, 2.75) is 13.3 Å². The molecule has 3 aromatic rings. The Hall–Kier alpha value is -3.40. The average molecular weight is 441 g/mol. The molecule has 0 bridgehead atoms. The van der Waals surface area contributed by atoms with E-state index >= 15 is 0 Å². The van der Waals surface area contributed by atoms with E-state index in [0.29, 0.717) is 45.3 Å². The van der Waals surface area contributed by atoms with Crippen LogP contribution < -0.4 is 9.64 Å². The van der Waals surface area contributed by atoms with Crippen LogP contribution in [0.2, 0.25) is 0 Å². The average Bonchev–Trinajstić information content (AvgIpc) is 3.27. The van der Waals surface area contributed by atoms with Crippen molar-refractivity contribution in [2.24, 2.45) is 0 Å². The monoisotopic (exact) mass is 440 g/mol. The molecule has 3 aromatic heterocycles. The summed E-state index contributed by atoms with van der Waals surface area (Å²) in [5.41, 5.74) is 2.41. The second-order valence-corrected chi connectivity index (χ2v) is 7.37. The van der Waals surface area contributed by atoms with E-state index in [1.165, 1.54) is 0 Å². The molecule has 1 aliphatic heterocycles. The van der Waals surface area contributed by atoms with Crippen molar-refractivity contribution >= 4 is 17.6 Å². The van der Waals surface area contributed by atoms with Crippen LogP contribution in [-0.2, 0) is 9.47 Å². The van der Waals surface area contributed by atoms with Crippen molar-refractivity contribution in [3.63, 3.8) is 0 Å². The number of hydrogen-bond donors (Lipinski definition) is 0. The standard InChI is InChI=1S/C22H28N6O4/c1-3-13-31-14-15-32-22(29)27-11-9-26(10-12-27)19-6-8-28-20(25-19)18(16-24-28)17-5-4-7-23-21(17)30-2/h4-8,16H,3,9-15H2,1-2H3. The third-order valence-corrected chi connectivity index (χ3v) is 5.27. The van der Waals surface area contributed by atoms with Gasteiger partial charge in [-0.2, -0.15) is 5.10 Å². The second-order valence-electron chi connectivity index (χ2n) is 7.37. The van der Waals surface area contributed by atoms with Crippen LogP contribution in [0.1, 0.15) is 13.3 Å². The van der Waals surface area contributed by atoms with E-state index < -0.39 is 0 Å². The van der Waals surface area contributed by atoms with Crippen molar-refractivity contribution in [1.29, 1.82) is 0 Å². The van der Waals surface area contributed by atoms with E-state index in [4.69, 9.17) is 19.2 Å². The van der Waals surface area contributed by atoms with Gasteiger partial charge in [-0.15, -0.1) is 0 Å². The molecule has 10 heteroatoms. The van der Waals surface area contributed by atoms with E-state index in [1.54, 1.807) is 28.9 Å². The van der Waals surface area contributed by atoms with Crippen LogP contribution in [0.15, 0.2) is 36.8 Å². The first kappa shape index (κ1) is 21.8. The smallest absolute Gasteiger partial charge is 0.409 e. The Labute approximate surface area is 186 Å². The topological polar surface area (TPSA) is 94.3 Å². The van der Waals surface area contributed by atoms with Crippen molar-refractivity contribution in [3.8, 4) is 17.0 Å². The number of rotatable bonds is 8. The van der Waals surface area contributed by atoms with Gasteiger partial charge in [0.2, 0.25) is 5.88 Å². The number of methoxy groups -OCH3 is 1. The lowest BCUT2D eigenvalue weighted by Gasteiger charge is -2.34. The fraction of sp³-hybridized carbons (Fsp3) is 0.455. The van der Waals surface area contributed by atoms with Gasteiger partial charge in [-0.3, -0.25) is 0 Å². The molecule has 0 aromatic carbocycles. The number of aromatic nitrogens is 4. The maximum atomic E-state index is 12.3. The minimum absolute atomic E-state index is 0.277. The number of hydrogen-bond acceptors (Lipinski definition) is 8. The van der Waals surface area contributed by atoms with Crippen LogP contribution in [-0.4, -0.2) is 83.7 Å². The van der Waals surface area contributed by atoms with Crippen molar-refractivity contribution in [1.82, 2.24) is 24.5 Å². The number of amides is 1. The van der Waals surface area contributed by atoms with Crippen molar-refractivity contribution in [2.75, 3.05) is 58.0 Å². The predicted octanol–water partition coefficient (Wildman–Crippen LogP) is 2.49. The molecule has 0 saturated carbocycles. The Balaban J connectivity index is 1.41. The first-order valence-electron chi connectivity index (χ1n) is 10.8. The maximum Gasteiger partial charge on any atom is 0.409 e. The molecule has 0 unspecified atom stereocenters. The summed E-state index contributed by atoms with van der Waals surface area (Å²) >= 11 is 0. The van der Waals surface area contributed by atoms with E-state index in [1.807, 2.05) is 31.3 Å². The SMILES string of the molecule is CCCOCCOC(=O)N1CCN(c2ccn3ncc(-c4cccnc4OC)c3n2)CC1. The highest BCUT2D eigenvalue weighted by Gasteiger charge is 2.23. The molecule has 0 aliphatic carbocycles. The van der Waals surface area contributed by atoms with Gasteiger partial charge in [-0.05, 0) is 24.6 Å². The second kappa shape index (κ2) is 10.3. The van der Waals surface area contributed by atoms with E-state index in [2.05, 4.69) is 15.0 Å². The Morgan fingerprint density at radius 2 is 1.94 bits per heavy atom. The fourth-order valence-electron chi connectivity index (χ4n) is 3.63. The molecular weight excluding hydrogens is 412 g/mol. The van der Waals surface area contributed by atoms with Gasteiger partial charge in [0.25, 0.3) is 0 Å². The Bertz CT molecular complexity index is 1050. The van der Waals surface area contributed by atoms with Gasteiger partial charge < -0.3 is 24.0 Å². The summed E-state index contributed by atoms with van der Waals surface area (Å²) in [5, 5.41) is 4.41. The summed E-state index contributed by atoms with van der Waals surface area (Å²) in [5.74, 6) is 1.37. The summed E-state index contributed by atoms with van der Waals surface area (Å²) in [6, 6.07) is 5.73. The lowest BCUT2D eigenvalue weighted by Crippen LogP contribution is -2.49. The van der Waals surface area contributed by atoms with Crippen molar-refractivity contribution < 1.29 is 19.0 Å². The summed E-state index contributed by atoms with van der Waals surface area (Å²) in [7, 11) is 1.60. The minimum Gasteiger partial charge on any atom is -0.481 e. The van der Waals surface area contributed by atoms with Gasteiger partial charge in [0, 0.05) is 50.7 Å². The highest BCUT2D eigenvalue weighted by atomic mass is 16.6. The number of carbonyl (C=O) groups excluding carboxylic acids is 1. The molecule has 1 aliphatic rings. The summed E-state index contributed by atoms with van der Waals surface area (Å²) in [4.78, 5) is 25.3. The van der Waals surface area contributed by atoms with Crippen LogP contribution in [0.4, 0.5) is 10.6 Å². The van der Waals surface area contributed by atoms with Gasteiger partial charge >= 0.3 is 6.09 Å². The highest BCUT2D eigenvalue weighted by Crippen LogP contribution is 2.31. The third-order valence-electron chi connectivity index (χ3n) is 5.27. The first-order chi connectivity index (χ1) is 15.7. The largest absolute Gasteiger partial charge is 0.481 e. The van der Waals surface area contributed by atoms with Crippen LogP contribution in [0.5, 0.6) is 5.88 Å². The van der Waals surface area contributed by atoms with Gasteiger partial charge in [0.05, 0.1) is 25.5 Å². The van der Waals surface area contributed by atoms with Crippen LogP contribution in [0, 0.1) is 0 Å². The molecule has 1 amide bonds. The minimum atomic E-state index is -0.296. The van der Waals surface area contributed by atoms with Crippen LogP contribution in [0.25, 0.3) is 16.8 Å².